The van der Waals surface area contributed by atoms with E-state index in [4.69, 9.17) is 26.2 Å². The van der Waals surface area contributed by atoms with E-state index in [0.29, 0.717) is 6.42 Å². The van der Waals surface area contributed by atoms with E-state index in [0.717, 1.165) is 0 Å². The predicted molar refractivity (Wildman–Crippen MR) is 53.0 cm³/mol. The van der Waals surface area contributed by atoms with Crippen LogP contribution in [-0.4, -0.2) is 52.9 Å². The fourth-order valence-corrected chi connectivity index (χ4v) is 2.16. The lowest BCUT2D eigenvalue weighted by atomic mass is 9.50. The third-order valence-corrected chi connectivity index (χ3v) is 3.28. The van der Waals surface area contributed by atoms with E-state index >= 15 is 0 Å². The molecule has 6 N–H and O–H groups in total. The lowest BCUT2D eigenvalue weighted by Gasteiger charge is -2.59. The van der Waals surface area contributed by atoms with E-state index in [2.05, 4.69) is 0 Å². The highest BCUT2D eigenvalue weighted by Crippen LogP contribution is 2.52. The number of halogens is 1. The molecule has 0 saturated heterocycles. The molecule has 1 fully saturated rings. The summed E-state index contributed by atoms with van der Waals surface area (Å²) in [5, 5.41) is 36.1. The fourth-order valence-electron chi connectivity index (χ4n) is 2.16. The van der Waals surface area contributed by atoms with Gasteiger partial charge in [-0.3, -0.25) is 0 Å². The Kier molecular flexibility index (Phi) is 4.77. The maximum atomic E-state index is 9.03. The van der Waals surface area contributed by atoms with Gasteiger partial charge in [-0.15, -0.1) is 12.4 Å². The van der Waals surface area contributed by atoms with E-state index in [1.54, 1.807) is 0 Å². The molecule has 0 aliphatic heterocycles. The molecule has 1 rings (SSSR count). The molecule has 0 aromatic rings. The number of nitrogens with two attached hydrogens (primary N) is 1. The summed E-state index contributed by atoms with van der Waals surface area (Å²) in [6, 6.07) is -0.551. The predicted octanol–water partition coefficient (Wildman–Crippen LogP) is -1.92. The first-order valence-electron chi connectivity index (χ1n) is 4.30. The summed E-state index contributed by atoms with van der Waals surface area (Å²) in [7, 11) is 0. The van der Waals surface area contributed by atoms with Crippen molar-refractivity contribution in [3.8, 4) is 0 Å². The second-order valence-corrected chi connectivity index (χ2v) is 4.01. The Morgan fingerprint density at radius 1 is 0.929 bits per heavy atom. The highest BCUT2D eigenvalue weighted by Gasteiger charge is 2.60. The van der Waals surface area contributed by atoms with Crippen molar-refractivity contribution in [3.05, 3.63) is 0 Å². The van der Waals surface area contributed by atoms with Crippen molar-refractivity contribution in [2.75, 3.05) is 26.4 Å². The second-order valence-electron chi connectivity index (χ2n) is 4.01. The molecule has 0 bridgehead atoms. The number of hydrogen-bond acceptors (Lipinski definition) is 5. The Hall–Kier alpha value is 0.0900. The molecule has 1 aliphatic carbocycles. The molecule has 0 aromatic carbocycles. The van der Waals surface area contributed by atoms with Crippen LogP contribution in [-0.2, 0) is 0 Å². The number of aliphatic hydroxyl groups excluding tert-OH is 4. The van der Waals surface area contributed by atoms with Gasteiger partial charge in [0, 0.05) is 16.9 Å². The van der Waals surface area contributed by atoms with Crippen LogP contribution in [0.25, 0.3) is 0 Å². The van der Waals surface area contributed by atoms with Gasteiger partial charge in [-0.1, -0.05) is 0 Å². The third kappa shape index (κ3) is 1.64. The van der Waals surface area contributed by atoms with Gasteiger partial charge < -0.3 is 26.2 Å². The van der Waals surface area contributed by atoms with E-state index in [9.17, 15) is 0 Å². The summed E-state index contributed by atoms with van der Waals surface area (Å²) in [5.41, 5.74) is 4.28. The fraction of sp³-hybridized carbons (Fsp3) is 1.00. The lowest BCUT2D eigenvalue weighted by molar-refractivity contribution is -0.166. The summed E-state index contributed by atoms with van der Waals surface area (Å²) in [6.45, 7) is -0.863. The van der Waals surface area contributed by atoms with Crippen molar-refractivity contribution in [2.24, 2.45) is 16.6 Å². The molecule has 0 amide bonds. The van der Waals surface area contributed by atoms with Crippen molar-refractivity contribution in [1.82, 2.24) is 0 Å². The molecular formula is C8H18ClNO4. The van der Waals surface area contributed by atoms with Gasteiger partial charge in [-0.25, -0.2) is 0 Å². The van der Waals surface area contributed by atoms with Gasteiger partial charge in [0.15, 0.2) is 0 Å². The maximum Gasteiger partial charge on any atom is 0.0524 e. The van der Waals surface area contributed by atoms with E-state index in [1.165, 1.54) is 0 Å². The van der Waals surface area contributed by atoms with Crippen LogP contribution in [0, 0.1) is 10.8 Å². The maximum absolute atomic E-state index is 9.03. The SMILES string of the molecule is Cl.NC1C(CO)(CO)CC1(CO)CO. The van der Waals surface area contributed by atoms with Gasteiger partial charge in [0.2, 0.25) is 0 Å². The van der Waals surface area contributed by atoms with Gasteiger partial charge in [-0.2, -0.15) is 0 Å². The highest BCUT2D eigenvalue weighted by atomic mass is 35.5. The first-order valence-corrected chi connectivity index (χ1v) is 4.30. The Morgan fingerprint density at radius 3 is 1.36 bits per heavy atom. The molecule has 1 saturated carbocycles. The first kappa shape index (κ1) is 14.1. The standard InChI is InChI=1S/C8H17NO4.ClH/c9-6-7(2-10,3-11)1-8(6,4-12)5-13;/h6,10-13H,1-5,9H2;1H. The van der Waals surface area contributed by atoms with Crippen molar-refractivity contribution in [2.45, 2.75) is 12.5 Å². The molecular weight excluding hydrogens is 210 g/mol. The average Bonchev–Trinajstić information content (AvgIpc) is 2.19. The van der Waals surface area contributed by atoms with Crippen LogP contribution in [0.2, 0.25) is 0 Å². The monoisotopic (exact) mass is 227 g/mol. The molecule has 86 valence electrons. The minimum Gasteiger partial charge on any atom is -0.396 e. The molecule has 0 unspecified atom stereocenters. The lowest BCUT2D eigenvalue weighted by Crippen LogP contribution is -2.70. The zero-order chi connectivity index (χ0) is 10.1. The number of hydrogen-bond donors (Lipinski definition) is 5. The topological polar surface area (TPSA) is 107 Å². The van der Waals surface area contributed by atoms with Gasteiger partial charge in [-0.05, 0) is 6.42 Å². The van der Waals surface area contributed by atoms with Crippen LogP contribution < -0.4 is 5.73 Å². The van der Waals surface area contributed by atoms with E-state index < -0.39 is 16.9 Å². The van der Waals surface area contributed by atoms with E-state index in [1.807, 2.05) is 0 Å². The van der Waals surface area contributed by atoms with E-state index in [-0.39, 0.29) is 38.8 Å². The van der Waals surface area contributed by atoms with Crippen LogP contribution in [0.4, 0.5) is 0 Å². The van der Waals surface area contributed by atoms with Crippen LogP contribution in [0.5, 0.6) is 0 Å². The summed E-state index contributed by atoms with van der Waals surface area (Å²) in [4.78, 5) is 0. The second kappa shape index (κ2) is 4.74. The molecule has 0 spiro atoms. The number of rotatable bonds is 4. The van der Waals surface area contributed by atoms with Gasteiger partial charge in [0.25, 0.3) is 0 Å². The summed E-state index contributed by atoms with van der Waals surface area (Å²) < 4.78 is 0. The highest BCUT2D eigenvalue weighted by molar-refractivity contribution is 5.85. The van der Waals surface area contributed by atoms with Crippen LogP contribution in [0.1, 0.15) is 6.42 Å². The molecule has 0 heterocycles. The molecule has 5 nitrogen and oxygen atoms in total. The van der Waals surface area contributed by atoms with Gasteiger partial charge in [0.05, 0.1) is 26.4 Å². The smallest absolute Gasteiger partial charge is 0.0524 e. The normalized spacial score (nSPS) is 23.8. The largest absolute Gasteiger partial charge is 0.396 e. The molecule has 6 heteroatoms. The zero-order valence-corrected chi connectivity index (χ0v) is 8.70. The van der Waals surface area contributed by atoms with Crippen LogP contribution >= 0.6 is 12.4 Å². The quantitative estimate of drug-likeness (QED) is 0.385. The Balaban J connectivity index is 0.00000169. The average molecular weight is 228 g/mol. The Morgan fingerprint density at radius 2 is 1.21 bits per heavy atom. The first-order chi connectivity index (χ1) is 6.10. The minimum absolute atomic E-state index is 0. The molecule has 14 heavy (non-hydrogen) atoms. The summed E-state index contributed by atoms with van der Waals surface area (Å²) in [6.07, 6.45) is 0.362. The van der Waals surface area contributed by atoms with Gasteiger partial charge >= 0.3 is 0 Å². The van der Waals surface area contributed by atoms with Crippen LogP contribution in [0.3, 0.4) is 0 Å². The zero-order valence-electron chi connectivity index (χ0n) is 7.89. The van der Waals surface area contributed by atoms with Crippen LogP contribution in [0.15, 0.2) is 0 Å². The molecule has 0 aromatic heterocycles. The Bertz CT molecular complexity index is 164. The molecule has 0 radical (unpaired) electrons. The Labute approximate surface area is 89.0 Å². The third-order valence-electron chi connectivity index (χ3n) is 3.28. The summed E-state index contributed by atoms with van der Waals surface area (Å²) >= 11 is 0. The molecule has 0 atom stereocenters. The number of aliphatic hydroxyl groups is 4. The van der Waals surface area contributed by atoms with Crippen molar-refractivity contribution < 1.29 is 20.4 Å². The summed E-state index contributed by atoms with van der Waals surface area (Å²) in [5.74, 6) is 0. The van der Waals surface area contributed by atoms with Crippen molar-refractivity contribution >= 4 is 12.4 Å². The molecule has 1 aliphatic rings. The minimum atomic E-state index is -0.731. The van der Waals surface area contributed by atoms with Gasteiger partial charge in [0.1, 0.15) is 0 Å². The van der Waals surface area contributed by atoms with Crippen molar-refractivity contribution in [1.29, 1.82) is 0 Å². The van der Waals surface area contributed by atoms with Crippen molar-refractivity contribution in [3.63, 3.8) is 0 Å².